The molecule has 5 nitrogen and oxygen atoms in total. The number of nitrogens with zero attached hydrogens (tertiary/aromatic N) is 1. The van der Waals surface area contributed by atoms with Crippen LogP contribution in [-0.2, 0) is 9.59 Å². The second-order valence-electron chi connectivity index (χ2n) is 4.21. The standard InChI is InChI=1S/C13H13NO4S2/c1-2-4-9(12(16)17)14-11(15)10(20-13(14)19)7-8-5-3-6-18-8/h3,5-7,9H,2,4H2,1H3,(H,16,17). The number of furan rings is 1. The van der Waals surface area contributed by atoms with Gasteiger partial charge < -0.3 is 9.52 Å². The van der Waals surface area contributed by atoms with Crippen molar-refractivity contribution in [1.29, 1.82) is 0 Å². The quantitative estimate of drug-likeness (QED) is 0.666. The molecule has 1 N–H and O–H groups in total. The Bertz CT molecular complexity index is 565. The molecule has 106 valence electrons. The van der Waals surface area contributed by atoms with Crippen LogP contribution in [0, 0.1) is 0 Å². The lowest BCUT2D eigenvalue weighted by molar-refractivity contribution is -0.145. The van der Waals surface area contributed by atoms with Crippen molar-refractivity contribution in [2.75, 3.05) is 0 Å². The number of rotatable bonds is 5. The summed E-state index contributed by atoms with van der Waals surface area (Å²) in [6.07, 6.45) is 4.11. The molecule has 0 aliphatic carbocycles. The third-order valence-electron chi connectivity index (χ3n) is 2.80. The Morgan fingerprint density at radius 1 is 1.65 bits per heavy atom. The lowest BCUT2D eigenvalue weighted by Gasteiger charge is -2.22. The first kappa shape index (κ1) is 14.8. The van der Waals surface area contributed by atoms with Crippen molar-refractivity contribution in [2.45, 2.75) is 25.8 Å². The van der Waals surface area contributed by atoms with Crippen LogP contribution in [0.25, 0.3) is 6.08 Å². The number of thioether (sulfide) groups is 1. The molecule has 0 aromatic carbocycles. The first-order chi connectivity index (χ1) is 9.54. The van der Waals surface area contributed by atoms with Crippen molar-refractivity contribution in [3.05, 3.63) is 29.1 Å². The topological polar surface area (TPSA) is 70.8 Å². The largest absolute Gasteiger partial charge is 0.480 e. The number of aliphatic carboxylic acids is 1. The van der Waals surface area contributed by atoms with Crippen molar-refractivity contribution < 1.29 is 19.1 Å². The Morgan fingerprint density at radius 3 is 2.95 bits per heavy atom. The van der Waals surface area contributed by atoms with Gasteiger partial charge in [0.05, 0.1) is 11.2 Å². The summed E-state index contributed by atoms with van der Waals surface area (Å²) >= 11 is 6.23. The fraction of sp³-hybridized carbons (Fsp3) is 0.308. The smallest absolute Gasteiger partial charge is 0.326 e. The fourth-order valence-corrected chi connectivity index (χ4v) is 3.22. The van der Waals surface area contributed by atoms with Gasteiger partial charge in [-0.05, 0) is 18.6 Å². The number of carboxylic acid groups (broad SMARTS) is 1. The molecule has 1 amide bonds. The number of carbonyl (C=O) groups excluding carboxylic acids is 1. The number of carboxylic acids is 1. The van der Waals surface area contributed by atoms with E-state index in [4.69, 9.17) is 16.6 Å². The van der Waals surface area contributed by atoms with Gasteiger partial charge in [0.2, 0.25) is 0 Å². The second kappa shape index (κ2) is 6.23. The first-order valence-electron chi connectivity index (χ1n) is 6.08. The highest BCUT2D eigenvalue weighted by Gasteiger charge is 2.40. The highest BCUT2D eigenvalue weighted by Crippen LogP contribution is 2.34. The average molecular weight is 311 g/mol. The normalized spacial score (nSPS) is 18.9. The third-order valence-corrected chi connectivity index (χ3v) is 4.13. The first-order valence-corrected chi connectivity index (χ1v) is 7.30. The van der Waals surface area contributed by atoms with Crippen molar-refractivity contribution >= 4 is 46.3 Å². The fourth-order valence-electron chi connectivity index (χ4n) is 1.89. The van der Waals surface area contributed by atoms with Crippen molar-refractivity contribution in [3.8, 4) is 0 Å². The summed E-state index contributed by atoms with van der Waals surface area (Å²) in [5, 5.41) is 9.24. The van der Waals surface area contributed by atoms with Crippen LogP contribution in [0.15, 0.2) is 27.7 Å². The zero-order valence-electron chi connectivity index (χ0n) is 10.7. The molecule has 0 radical (unpaired) electrons. The van der Waals surface area contributed by atoms with Gasteiger partial charge in [-0.15, -0.1) is 0 Å². The maximum absolute atomic E-state index is 12.3. The molecule has 2 heterocycles. The van der Waals surface area contributed by atoms with Gasteiger partial charge in [0.1, 0.15) is 16.1 Å². The highest BCUT2D eigenvalue weighted by molar-refractivity contribution is 8.26. The predicted octanol–water partition coefficient (Wildman–Crippen LogP) is 2.73. The summed E-state index contributed by atoms with van der Waals surface area (Å²) < 4.78 is 5.42. The number of thiocarbonyl (C=S) groups is 1. The number of hydrogen-bond donors (Lipinski definition) is 1. The van der Waals surface area contributed by atoms with Crippen LogP contribution in [0.4, 0.5) is 0 Å². The average Bonchev–Trinajstić information content (AvgIpc) is 2.98. The van der Waals surface area contributed by atoms with E-state index in [1.807, 2.05) is 6.92 Å². The molecule has 7 heteroatoms. The van der Waals surface area contributed by atoms with Crippen LogP contribution in [-0.4, -0.2) is 32.2 Å². The minimum atomic E-state index is -1.04. The molecule has 0 saturated carbocycles. The van der Waals surface area contributed by atoms with Crippen LogP contribution >= 0.6 is 24.0 Å². The summed E-state index contributed by atoms with van der Waals surface area (Å²) in [7, 11) is 0. The SMILES string of the molecule is CCCC(C(=O)O)N1C(=O)C(=Cc2ccco2)SC1=S. The highest BCUT2D eigenvalue weighted by atomic mass is 32.2. The second-order valence-corrected chi connectivity index (χ2v) is 5.89. The van der Waals surface area contributed by atoms with E-state index in [2.05, 4.69) is 0 Å². The van der Waals surface area contributed by atoms with Crippen molar-refractivity contribution in [1.82, 2.24) is 4.90 Å². The number of hydrogen-bond acceptors (Lipinski definition) is 5. The van der Waals surface area contributed by atoms with E-state index in [1.54, 1.807) is 18.2 Å². The Kier molecular flexibility index (Phi) is 4.61. The Morgan fingerprint density at radius 2 is 2.40 bits per heavy atom. The lowest BCUT2D eigenvalue weighted by Crippen LogP contribution is -2.43. The van der Waals surface area contributed by atoms with Gasteiger partial charge in [0.25, 0.3) is 5.91 Å². The monoisotopic (exact) mass is 311 g/mol. The molecule has 2 rings (SSSR count). The van der Waals surface area contributed by atoms with E-state index in [0.29, 0.717) is 23.5 Å². The maximum atomic E-state index is 12.3. The summed E-state index contributed by atoms with van der Waals surface area (Å²) in [6.45, 7) is 1.87. The van der Waals surface area contributed by atoms with Gasteiger partial charge in [-0.25, -0.2) is 4.79 Å². The third kappa shape index (κ3) is 2.94. The molecule has 0 spiro atoms. The molecule has 1 aliphatic rings. The van der Waals surface area contributed by atoms with E-state index in [1.165, 1.54) is 11.2 Å². The van der Waals surface area contributed by atoms with E-state index in [-0.39, 0.29) is 10.2 Å². The van der Waals surface area contributed by atoms with Crippen LogP contribution < -0.4 is 0 Å². The van der Waals surface area contributed by atoms with Gasteiger partial charge in [0.15, 0.2) is 0 Å². The van der Waals surface area contributed by atoms with Gasteiger partial charge >= 0.3 is 5.97 Å². The summed E-state index contributed by atoms with van der Waals surface area (Å²) in [6, 6.07) is 2.52. The molecule has 0 bridgehead atoms. The number of carbonyl (C=O) groups is 2. The van der Waals surface area contributed by atoms with E-state index >= 15 is 0 Å². The Hall–Kier alpha value is -1.60. The summed E-state index contributed by atoms with van der Waals surface area (Å²) in [4.78, 5) is 25.2. The molecule has 1 fully saturated rings. The lowest BCUT2D eigenvalue weighted by atomic mass is 10.1. The molecule has 20 heavy (non-hydrogen) atoms. The molecular weight excluding hydrogens is 298 g/mol. The Balaban J connectivity index is 2.26. The molecular formula is C13H13NO4S2. The van der Waals surface area contributed by atoms with Gasteiger partial charge in [0, 0.05) is 6.08 Å². The van der Waals surface area contributed by atoms with Crippen LogP contribution in [0.1, 0.15) is 25.5 Å². The zero-order chi connectivity index (χ0) is 14.7. The zero-order valence-corrected chi connectivity index (χ0v) is 12.4. The van der Waals surface area contributed by atoms with Gasteiger partial charge in [-0.2, -0.15) is 0 Å². The maximum Gasteiger partial charge on any atom is 0.326 e. The van der Waals surface area contributed by atoms with Crippen molar-refractivity contribution in [3.63, 3.8) is 0 Å². The molecule has 1 saturated heterocycles. The molecule has 1 atom stereocenters. The molecule has 1 unspecified atom stereocenters. The molecule has 1 aliphatic heterocycles. The van der Waals surface area contributed by atoms with Crippen molar-refractivity contribution in [2.24, 2.45) is 0 Å². The van der Waals surface area contributed by atoms with Gasteiger partial charge in [-0.3, -0.25) is 9.69 Å². The van der Waals surface area contributed by atoms with E-state index < -0.39 is 12.0 Å². The van der Waals surface area contributed by atoms with Crippen LogP contribution in [0.3, 0.4) is 0 Å². The van der Waals surface area contributed by atoms with E-state index in [9.17, 15) is 14.7 Å². The summed E-state index contributed by atoms with van der Waals surface area (Å²) in [5.41, 5.74) is 0. The van der Waals surface area contributed by atoms with E-state index in [0.717, 1.165) is 11.8 Å². The van der Waals surface area contributed by atoms with Crippen LogP contribution in [0.2, 0.25) is 0 Å². The number of amides is 1. The minimum absolute atomic E-state index is 0.272. The predicted molar refractivity (Wildman–Crippen MR) is 80.1 cm³/mol. The molecule has 1 aromatic heterocycles. The molecule has 1 aromatic rings. The van der Waals surface area contributed by atoms with Crippen LogP contribution in [0.5, 0.6) is 0 Å². The van der Waals surface area contributed by atoms with Gasteiger partial charge in [-0.1, -0.05) is 37.3 Å². The Labute approximate surface area is 125 Å². The minimum Gasteiger partial charge on any atom is -0.480 e. The summed E-state index contributed by atoms with van der Waals surface area (Å²) in [5.74, 6) is -0.882.